The number of carbonyl (C=O) groups is 1. The lowest BCUT2D eigenvalue weighted by Crippen LogP contribution is -2.44. The van der Waals surface area contributed by atoms with Crippen LogP contribution >= 0.6 is 12.4 Å². The maximum absolute atomic E-state index is 12.1. The van der Waals surface area contributed by atoms with Crippen molar-refractivity contribution in [2.45, 2.75) is 63.8 Å². The Bertz CT molecular complexity index is 493. The molecule has 3 N–H and O–H groups in total. The number of unbranched alkanes of at least 4 members (excludes halogenated alkanes) is 2. The first kappa shape index (κ1) is 21.8. The van der Waals surface area contributed by atoms with Crippen molar-refractivity contribution < 1.29 is 9.53 Å². The number of halogens is 1. The number of aryl methyl sites for hydroxylation is 1. The third-order valence-corrected chi connectivity index (χ3v) is 5.09. The standard InChI is InChI=1S/C20H32N2O2.ClH/c1-24-18-13-11-16(12-14-18)7-3-2-4-10-20(23)22-19-9-6-5-8-17(19)15-21;/h11-14,17,19H,2-10,15,21H2,1H3,(H,22,23);1H. The van der Waals surface area contributed by atoms with Crippen LogP contribution in [0.3, 0.4) is 0 Å². The Balaban J connectivity index is 0.00000312. The molecule has 1 fully saturated rings. The molecule has 1 amide bonds. The molecule has 1 aromatic carbocycles. The van der Waals surface area contributed by atoms with Crippen LogP contribution in [0.25, 0.3) is 0 Å². The van der Waals surface area contributed by atoms with Crippen LogP contribution in [0.5, 0.6) is 5.75 Å². The minimum absolute atomic E-state index is 0. The van der Waals surface area contributed by atoms with E-state index in [0.29, 0.717) is 24.9 Å². The molecule has 2 atom stereocenters. The molecular formula is C20H33ClN2O2. The van der Waals surface area contributed by atoms with Crippen LogP contribution in [0.1, 0.15) is 56.9 Å². The van der Waals surface area contributed by atoms with Gasteiger partial charge in [0.1, 0.15) is 5.75 Å². The number of ether oxygens (including phenoxy) is 1. The number of nitrogens with two attached hydrogens (primary N) is 1. The SMILES string of the molecule is COc1ccc(CCCCCC(=O)NC2CCCCC2CN)cc1.Cl. The van der Waals surface area contributed by atoms with Crippen molar-refractivity contribution in [2.24, 2.45) is 11.7 Å². The van der Waals surface area contributed by atoms with Crippen LogP contribution in [0.4, 0.5) is 0 Å². The van der Waals surface area contributed by atoms with Gasteiger partial charge in [-0.3, -0.25) is 4.79 Å². The first-order valence-electron chi connectivity index (χ1n) is 9.35. The normalized spacial score (nSPS) is 19.8. The highest BCUT2D eigenvalue weighted by Gasteiger charge is 2.24. The van der Waals surface area contributed by atoms with E-state index in [1.807, 2.05) is 12.1 Å². The third-order valence-electron chi connectivity index (χ3n) is 5.09. The van der Waals surface area contributed by atoms with Gasteiger partial charge in [0.25, 0.3) is 0 Å². The van der Waals surface area contributed by atoms with Crippen LogP contribution in [0.2, 0.25) is 0 Å². The number of hydrogen-bond donors (Lipinski definition) is 2. The first-order valence-corrected chi connectivity index (χ1v) is 9.35. The summed E-state index contributed by atoms with van der Waals surface area (Å²) < 4.78 is 5.16. The van der Waals surface area contributed by atoms with E-state index in [4.69, 9.17) is 10.5 Å². The molecule has 2 rings (SSSR count). The van der Waals surface area contributed by atoms with Crippen LogP contribution in [0.15, 0.2) is 24.3 Å². The maximum atomic E-state index is 12.1. The molecule has 0 saturated heterocycles. The molecule has 2 unspecified atom stereocenters. The van der Waals surface area contributed by atoms with Crippen molar-refractivity contribution in [2.75, 3.05) is 13.7 Å². The molecule has 0 aromatic heterocycles. The Kier molecular flexibility index (Phi) is 10.6. The fourth-order valence-corrected chi connectivity index (χ4v) is 3.54. The fraction of sp³-hybridized carbons (Fsp3) is 0.650. The third kappa shape index (κ3) is 7.66. The molecule has 25 heavy (non-hydrogen) atoms. The number of nitrogens with one attached hydrogen (secondary N) is 1. The molecule has 1 saturated carbocycles. The fourth-order valence-electron chi connectivity index (χ4n) is 3.54. The Morgan fingerprint density at radius 1 is 1.16 bits per heavy atom. The lowest BCUT2D eigenvalue weighted by molar-refractivity contribution is -0.122. The van der Waals surface area contributed by atoms with E-state index in [2.05, 4.69) is 17.4 Å². The molecule has 0 aliphatic heterocycles. The van der Waals surface area contributed by atoms with Gasteiger partial charge < -0.3 is 15.8 Å². The second-order valence-corrected chi connectivity index (χ2v) is 6.86. The van der Waals surface area contributed by atoms with E-state index in [1.54, 1.807) is 7.11 Å². The topological polar surface area (TPSA) is 64.3 Å². The Morgan fingerprint density at radius 2 is 1.88 bits per heavy atom. The highest BCUT2D eigenvalue weighted by Crippen LogP contribution is 2.23. The quantitative estimate of drug-likeness (QED) is 0.650. The second kappa shape index (κ2) is 12.2. The highest BCUT2D eigenvalue weighted by atomic mass is 35.5. The second-order valence-electron chi connectivity index (χ2n) is 6.86. The van der Waals surface area contributed by atoms with E-state index < -0.39 is 0 Å². The summed E-state index contributed by atoms with van der Waals surface area (Å²) in [6, 6.07) is 8.53. The van der Waals surface area contributed by atoms with E-state index in [0.717, 1.165) is 44.3 Å². The van der Waals surface area contributed by atoms with Crippen molar-refractivity contribution in [1.82, 2.24) is 5.32 Å². The zero-order valence-corrected chi connectivity index (χ0v) is 16.2. The number of hydrogen-bond acceptors (Lipinski definition) is 3. The molecule has 0 radical (unpaired) electrons. The van der Waals surface area contributed by atoms with Crippen molar-refractivity contribution in [3.05, 3.63) is 29.8 Å². The van der Waals surface area contributed by atoms with Gasteiger partial charge in [-0.1, -0.05) is 31.4 Å². The molecule has 0 heterocycles. The highest BCUT2D eigenvalue weighted by molar-refractivity contribution is 5.85. The van der Waals surface area contributed by atoms with Gasteiger partial charge in [-0.15, -0.1) is 12.4 Å². The summed E-state index contributed by atoms with van der Waals surface area (Å²) in [5.41, 5.74) is 7.15. The van der Waals surface area contributed by atoms with Gasteiger partial charge in [-0.25, -0.2) is 0 Å². The molecule has 5 heteroatoms. The van der Waals surface area contributed by atoms with Crippen molar-refractivity contribution in [3.8, 4) is 5.75 Å². The number of benzene rings is 1. The van der Waals surface area contributed by atoms with Gasteiger partial charge in [-0.2, -0.15) is 0 Å². The summed E-state index contributed by atoms with van der Waals surface area (Å²) in [4.78, 5) is 12.1. The van der Waals surface area contributed by atoms with Crippen molar-refractivity contribution >= 4 is 18.3 Å². The molecule has 0 spiro atoms. The Morgan fingerprint density at radius 3 is 2.56 bits per heavy atom. The van der Waals surface area contributed by atoms with Crippen molar-refractivity contribution in [3.63, 3.8) is 0 Å². The largest absolute Gasteiger partial charge is 0.497 e. The van der Waals surface area contributed by atoms with Gasteiger partial charge >= 0.3 is 0 Å². The predicted octanol–water partition coefficient (Wildman–Crippen LogP) is 3.85. The van der Waals surface area contributed by atoms with Gasteiger partial charge in [0.2, 0.25) is 5.91 Å². The average molecular weight is 369 g/mol. The summed E-state index contributed by atoms with van der Waals surface area (Å²) in [5, 5.41) is 3.21. The Hall–Kier alpha value is -1.26. The summed E-state index contributed by atoms with van der Waals surface area (Å²) in [6.45, 7) is 0.687. The number of amides is 1. The molecule has 4 nitrogen and oxygen atoms in total. The molecule has 0 bridgehead atoms. The zero-order valence-electron chi connectivity index (χ0n) is 15.3. The van der Waals surface area contributed by atoms with Gasteiger partial charge in [0.15, 0.2) is 0 Å². The molecule has 1 aliphatic rings. The van der Waals surface area contributed by atoms with E-state index in [9.17, 15) is 4.79 Å². The van der Waals surface area contributed by atoms with Gasteiger partial charge in [-0.05, 0) is 62.3 Å². The summed E-state index contributed by atoms with van der Waals surface area (Å²) >= 11 is 0. The van der Waals surface area contributed by atoms with Crippen LogP contribution in [-0.2, 0) is 11.2 Å². The average Bonchev–Trinajstić information content (AvgIpc) is 2.62. The summed E-state index contributed by atoms with van der Waals surface area (Å²) in [7, 11) is 1.68. The monoisotopic (exact) mass is 368 g/mol. The van der Waals surface area contributed by atoms with Gasteiger partial charge in [0, 0.05) is 12.5 Å². The number of methoxy groups -OCH3 is 1. The minimum atomic E-state index is 0. The lowest BCUT2D eigenvalue weighted by atomic mass is 9.84. The van der Waals surface area contributed by atoms with E-state index >= 15 is 0 Å². The van der Waals surface area contributed by atoms with Crippen LogP contribution in [0, 0.1) is 5.92 Å². The zero-order chi connectivity index (χ0) is 17.2. The summed E-state index contributed by atoms with van der Waals surface area (Å²) in [6.07, 6.45) is 9.57. The van der Waals surface area contributed by atoms with Crippen molar-refractivity contribution in [1.29, 1.82) is 0 Å². The number of carbonyl (C=O) groups excluding carboxylic acids is 1. The minimum Gasteiger partial charge on any atom is -0.497 e. The smallest absolute Gasteiger partial charge is 0.220 e. The van der Waals surface area contributed by atoms with Crippen LogP contribution in [-0.4, -0.2) is 25.6 Å². The predicted molar refractivity (Wildman–Crippen MR) is 105 cm³/mol. The maximum Gasteiger partial charge on any atom is 0.220 e. The summed E-state index contributed by atoms with van der Waals surface area (Å²) in [5.74, 6) is 1.57. The van der Waals surface area contributed by atoms with E-state index in [-0.39, 0.29) is 18.3 Å². The first-order chi connectivity index (χ1) is 11.7. The number of rotatable bonds is 9. The molecular weight excluding hydrogens is 336 g/mol. The molecule has 1 aliphatic carbocycles. The van der Waals surface area contributed by atoms with Gasteiger partial charge in [0.05, 0.1) is 7.11 Å². The van der Waals surface area contributed by atoms with Crippen LogP contribution < -0.4 is 15.8 Å². The molecule has 142 valence electrons. The lowest BCUT2D eigenvalue weighted by Gasteiger charge is -2.31. The van der Waals surface area contributed by atoms with E-state index in [1.165, 1.54) is 18.4 Å². The molecule has 1 aromatic rings. The Labute approximate surface area is 158 Å².